The summed E-state index contributed by atoms with van der Waals surface area (Å²) in [5.41, 5.74) is 0.292. The Balaban J connectivity index is 2.51. The molecule has 24 heavy (non-hydrogen) atoms. The number of benzene rings is 1. The number of ketones is 1. The lowest BCUT2D eigenvalue weighted by atomic mass is 10.2. The summed E-state index contributed by atoms with van der Waals surface area (Å²) in [4.78, 5) is 46.5. The molecule has 2 N–H and O–H groups in total. The van der Waals surface area contributed by atoms with Crippen LogP contribution >= 0.6 is 11.8 Å². The van der Waals surface area contributed by atoms with Crippen molar-refractivity contribution in [1.29, 1.82) is 0 Å². The van der Waals surface area contributed by atoms with Gasteiger partial charge in [0.2, 0.25) is 5.91 Å². The lowest BCUT2D eigenvalue weighted by molar-refractivity contribution is -0.127. The van der Waals surface area contributed by atoms with Gasteiger partial charge in [-0.15, -0.1) is 11.8 Å². The molecular formula is C16H20N2O5S. The van der Waals surface area contributed by atoms with Crippen LogP contribution in [0.3, 0.4) is 0 Å². The van der Waals surface area contributed by atoms with Gasteiger partial charge in [-0.1, -0.05) is 12.1 Å². The molecule has 1 aromatic rings. The Morgan fingerprint density at radius 2 is 1.79 bits per heavy atom. The first-order valence-corrected chi connectivity index (χ1v) is 8.34. The molecule has 7 nitrogen and oxygen atoms in total. The van der Waals surface area contributed by atoms with Gasteiger partial charge < -0.3 is 15.4 Å². The number of likely N-dealkylation sites (N-methyl/N-ethyl adjacent to an activating group) is 1. The van der Waals surface area contributed by atoms with Gasteiger partial charge in [-0.2, -0.15) is 0 Å². The lowest BCUT2D eigenvalue weighted by Gasteiger charge is -2.09. The SMILES string of the molecule is CCNC(=O)CNC(=O)COC(=O)c1ccccc1SCC(C)=O. The molecule has 0 aliphatic heterocycles. The van der Waals surface area contributed by atoms with E-state index in [0.29, 0.717) is 17.0 Å². The molecule has 0 unspecified atom stereocenters. The highest BCUT2D eigenvalue weighted by Gasteiger charge is 2.15. The molecule has 0 bridgehead atoms. The van der Waals surface area contributed by atoms with Crippen LogP contribution in [-0.4, -0.2) is 49.0 Å². The summed E-state index contributed by atoms with van der Waals surface area (Å²) < 4.78 is 4.95. The van der Waals surface area contributed by atoms with Crippen LogP contribution in [0.2, 0.25) is 0 Å². The number of esters is 1. The number of rotatable bonds is 9. The van der Waals surface area contributed by atoms with Crippen LogP contribution in [0.1, 0.15) is 24.2 Å². The van der Waals surface area contributed by atoms with Gasteiger partial charge in [0.25, 0.3) is 5.91 Å². The van der Waals surface area contributed by atoms with Gasteiger partial charge >= 0.3 is 5.97 Å². The van der Waals surface area contributed by atoms with E-state index in [1.54, 1.807) is 31.2 Å². The first-order valence-electron chi connectivity index (χ1n) is 7.35. The number of thioether (sulfide) groups is 1. The van der Waals surface area contributed by atoms with E-state index in [9.17, 15) is 19.2 Å². The summed E-state index contributed by atoms with van der Waals surface area (Å²) in [5, 5.41) is 4.88. The third-order valence-corrected chi connectivity index (χ3v) is 3.91. The van der Waals surface area contributed by atoms with Crippen LogP contribution in [0.25, 0.3) is 0 Å². The van der Waals surface area contributed by atoms with Crippen molar-refractivity contribution in [3.8, 4) is 0 Å². The number of amides is 2. The van der Waals surface area contributed by atoms with Crippen molar-refractivity contribution >= 4 is 35.3 Å². The molecule has 0 aliphatic rings. The van der Waals surface area contributed by atoms with Crippen LogP contribution in [0.4, 0.5) is 0 Å². The maximum absolute atomic E-state index is 12.1. The van der Waals surface area contributed by atoms with Crippen molar-refractivity contribution in [3.63, 3.8) is 0 Å². The fraction of sp³-hybridized carbons (Fsp3) is 0.375. The Morgan fingerprint density at radius 1 is 1.08 bits per heavy atom. The van der Waals surface area contributed by atoms with E-state index in [4.69, 9.17) is 4.74 Å². The fourth-order valence-corrected chi connectivity index (χ4v) is 2.48. The standard InChI is InChI=1S/C16H20N2O5S/c1-3-17-14(20)8-18-15(21)9-23-16(22)12-6-4-5-7-13(12)24-10-11(2)19/h4-7H,3,8-10H2,1-2H3,(H,17,20)(H,18,21). The lowest BCUT2D eigenvalue weighted by Crippen LogP contribution is -2.38. The first kappa shape index (κ1) is 19.7. The van der Waals surface area contributed by atoms with Gasteiger partial charge in [-0.3, -0.25) is 14.4 Å². The van der Waals surface area contributed by atoms with Gasteiger partial charge in [-0.05, 0) is 26.0 Å². The molecule has 8 heteroatoms. The predicted molar refractivity (Wildman–Crippen MR) is 89.8 cm³/mol. The summed E-state index contributed by atoms with van der Waals surface area (Å²) in [6, 6.07) is 6.69. The van der Waals surface area contributed by atoms with E-state index < -0.39 is 18.5 Å². The second-order valence-corrected chi connectivity index (χ2v) is 5.81. The van der Waals surface area contributed by atoms with Gasteiger partial charge in [0.05, 0.1) is 17.9 Å². The van der Waals surface area contributed by atoms with E-state index in [-0.39, 0.29) is 24.0 Å². The normalized spacial score (nSPS) is 9.92. The summed E-state index contributed by atoms with van der Waals surface area (Å²) in [7, 11) is 0. The van der Waals surface area contributed by atoms with E-state index in [1.165, 1.54) is 18.7 Å². The largest absolute Gasteiger partial charge is 0.452 e. The number of carbonyl (C=O) groups excluding carboxylic acids is 4. The van der Waals surface area contributed by atoms with Gasteiger partial charge in [0, 0.05) is 11.4 Å². The molecule has 0 spiro atoms. The quantitative estimate of drug-likeness (QED) is 0.503. The summed E-state index contributed by atoms with van der Waals surface area (Å²) in [6.45, 7) is 3.05. The molecule has 0 radical (unpaired) electrons. The second-order valence-electron chi connectivity index (χ2n) is 4.79. The molecule has 0 aliphatic carbocycles. The number of Topliss-reactive ketones (excluding diaryl/α,β-unsaturated/α-hetero) is 1. The van der Waals surface area contributed by atoms with Gasteiger partial charge in [0.15, 0.2) is 6.61 Å². The number of hydrogen-bond acceptors (Lipinski definition) is 6. The number of nitrogens with one attached hydrogen (secondary N) is 2. The fourth-order valence-electron chi connectivity index (χ4n) is 1.64. The number of hydrogen-bond donors (Lipinski definition) is 2. The highest BCUT2D eigenvalue weighted by atomic mass is 32.2. The average molecular weight is 352 g/mol. The molecule has 1 rings (SSSR count). The van der Waals surface area contributed by atoms with Crippen LogP contribution in [0.15, 0.2) is 29.2 Å². The topological polar surface area (TPSA) is 102 Å². The smallest absolute Gasteiger partial charge is 0.339 e. The molecule has 0 heterocycles. The zero-order chi connectivity index (χ0) is 17.9. The summed E-state index contributed by atoms with van der Waals surface area (Å²) >= 11 is 1.23. The Hall–Kier alpha value is -2.35. The molecule has 1 aromatic carbocycles. The zero-order valence-electron chi connectivity index (χ0n) is 13.6. The zero-order valence-corrected chi connectivity index (χ0v) is 14.4. The van der Waals surface area contributed by atoms with Crippen molar-refractivity contribution in [1.82, 2.24) is 10.6 Å². The molecule has 0 saturated carbocycles. The molecule has 2 amide bonds. The van der Waals surface area contributed by atoms with Crippen molar-refractivity contribution in [2.45, 2.75) is 18.7 Å². The minimum atomic E-state index is -0.658. The Labute approximate surface area is 144 Å². The van der Waals surface area contributed by atoms with E-state index >= 15 is 0 Å². The average Bonchev–Trinajstić information content (AvgIpc) is 2.56. The van der Waals surface area contributed by atoms with Crippen LogP contribution < -0.4 is 10.6 Å². The van der Waals surface area contributed by atoms with Crippen LogP contribution in [0, 0.1) is 0 Å². The van der Waals surface area contributed by atoms with Crippen molar-refractivity contribution in [2.75, 3.05) is 25.4 Å². The summed E-state index contributed by atoms with van der Waals surface area (Å²) in [6.07, 6.45) is 0. The Bertz CT molecular complexity index is 618. The third kappa shape index (κ3) is 7.28. The van der Waals surface area contributed by atoms with Crippen LogP contribution in [-0.2, 0) is 19.1 Å². The van der Waals surface area contributed by atoms with E-state index in [0.717, 1.165) is 0 Å². The highest BCUT2D eigenvalue weighted by Crippen LogP contribution is 2.23. The third-order valence-electron chi connectivity index (χ3n) is 2.69. The minimum Gasteiger partial charge on any atom is -0.452 e. The van der Waals surface area contributed by atoms with E-state index in [1.807, 2.05) is 0 Å². The molecule has 130 valence electrons. The number of ether oxygens (including phenoxy) is 1. The van der Waals surface area contributed by atoms with Gasteiger partial charge in [0.1, 0.15) is 5.78 Å². The molecule has 0 saturated heterocycles. The summed E-state index contributed by atoms with van der Waals surface area (Å²) in [5.74, 6) is -1.30. The number of carbonyl (C=O) groups is 4. The van der Waals surface area contributed by atoms with Gasteiger partial charge in [-0.25, -0.2) is 4.79 Å². The minimum absolute atomic E-state index is 0.00657. The Morgan fingerprint density at radius 3 is 2.46 bits per heavy atom. The van der Waals surface area contributed by atoms with Crippen LogP contribution in [0.5, 0.6) is 0 Å². The predicted octanol–water partition coefficient (Wildman–Crippen LogP) is 0.777. The maximum Gasteiger partial charge on any atom is 0.339 e. The molecule has 0 aromatic heterocycles. The van der Waals surface area contributed by atoms with Crippen molar-refractivity contribution in [2.24, 2.45) is 0 Å². The second kappa shape index (κ2) is 10.4. The highest BCUT2D eigenvalue weighted by molar-refractivity contribution is 8.00. The monoisotopic (exact) mass is 352 g/mol. The first-order chi connectivity index (χ1) is 11.4. The maximum atomic E-state index is 12.1. The van der Waals surface area contributed by atoms with E-state index in [2.05, 4.69) is 10.6 Å². The molecule has 0 atom stereocenters. The van der Waals surface area contributed by atoms with Crippen molar-refractivity contribution < 1.29 is 23.9 Å². The molecular weight excluding hydrogens is 332 g/mol. The van der Waals surface area contributed by atoms with Crippen molar-refractivity contribution in [3.05, 3.63) is 29.8 Å². The molecule has 0 fully saturated rings. The Kier molecular flexibility index (Phi) is 8.56.